The van der Waals surface area contributed by atoms with E-state index in [-0.39, 0.29) is 5.92 Å². The van der Waals surface area contributed by atoms with Gasteiger partial charge in [0.25, 0.3) is 0 Å². The molecular weight excluding hydrogens is 406 g/mol. The second-order valence-electron chi connectivity index (χ2n) is 9.12. The van der Waals surface area contributed by atoms with Crippen LogP contribution in [0.1, 0.15) is 56.2 Å². The van der Waals surface area contributed by atoms with Crippen LogP contribution in [-0.4, -0.2) is 17.5 Å². The van der Waals surface area contributed by atoms with Gasteiger partial charge in [-0.25, -0.2) is 0 Å². The molecule has 0 bridgehead atoms. The molecular formula is C30H39NO2. The lowest BCUT2D eigenvalue weighted by Gasteiger charge is -2.35. The number of hydrogen-bond donors (Lipinski definition) is 0. The highest BCUT2D eigenvalue weighted by Crippen LogP contribution is 2.21. The number of hydrogen-bond acceptors (Lipinski definition) is 2. The lowest BCUT2D eigenvalue weighted by Crippen LogP contribution is -2.41. The highest BCUT2D eigenvalue weighted by atomic mass is 16.4. The summed E-state index contributed by atoms with van der Waals surface area (Å²) < 4.78 is 0.970. The van der Waals surface area contributed by atoms with Crippen LogP contribution in [0, 0.1) is 5.92 Å². The summed E-state index contributed by atoms with van der Waals surface area (Å²) in [6.45, 7) is 7.04. The van der Waals surface area contributed by atoms with Crippen LogP contribution in [-0.2, 0) is 24.4 Å². The van der Waals surface area contributed by atoms with Gasteiger partial charge in [0.1, 0.15) is 19.6 Å². The Morgan fingerprint density at radius 3 is 1.36 bits per heavy atom. The highest BCUT2D eigenvalue weighted by Gasteiger charge is 2.23. The van der Waals surface area contributed by atoms with E-state index in [0.29, 0.717) is 6.42 Å². The average Bonchev–Trinajstić information content (AvgIpc) is 2.81. The van der Waals surface area contributed by atoms with Gasteiger partial charge in [0.05, 0.1) is 7.05 Å². The Balaban J connectivity index is 0.000000328. The molecule has 3 nitrogen and oxygen atoms in total. The van der Waals surface area contributed by atoms with Crippen molar-refractivity contribution in [3.63, 3.8) is 0 Å². The van der Waals surface area contributed by atoms with Gasteiger partial charge in [-0.15, -0.1) is 0 Å². The Morgan fingerprint density at radius 1 is 0.727 bits per heavy atom. The van der Waals surface area contributed by atoms with Gasteiger partial charge >= 0.3 is 0 Å². The van der Waals surface area contributed by atoms with Crippen molar-refractivity contribution in [2.24, 2.45) is 5.92 Å². The monoisotopic (exact) mass is 445 g/mol. The zero-order valence-electron chi connectivity index (χ0n) is 20.5. The van der Waals surface area contributed by atoms with E-state index in [2.05, 4.69) is 105 Å². The maximum absolute atomic E-state index is 10.3. The molecule has 0 saturated heterocycles. The lowest BCUT2D eigenvalue weighted by molar-refractivity contribution is -0.948. The van der Waals surface area contributed by atoms with E-state index in [1.807, 2.05) is 6.92 Å². The first kappa shape index (κ1) is 26.3. The fraction of sp³-hybridized carbons (Fsp3) is 0.367. The SMILES string of the molecule is CCCCC(CC)C(=O)[O-].C[N+](Cc1ccccc1)(Cc1ccccc1)Cc1ccccc1. The molecule has 3 aromatic rings. The molecule has 3 rings (SSSR count). The number of rotatable bonds is 11. The molecule has 33 heavy (non-hydrogen) atoms. The molecule has 1 atom stereocenters. The predicted octanol–water partition coefficient (Wildman–Crippen LogP) is 5.99. The summed E-state index contributed by atoms with van der Waals surface area (Å²) in [7, 11) is 2.35. The van der Waals surface area contributed by atoms with Crippen LogP contribution in [0.25, 0.3) is 0 Å². The third-order valence-corrected chi connectivity index (χ3v) is 5.95. The van der Waals surface area contributed by atoms with Crippen molar-refractivity contribution in [1.29, 1.82) is 0 Å². The first-order valence-electron chi connectivity index (χ1n) is 12.1. The Bertz CT molecular complexity index is 808. The van der Waals surface area contributed by atoms with Gasteiger partial charge in [-0.2, -0.15) is 0 Å². The number of carboxylic acid groups (broad SMARTS) is 1. The first-order valence-corrected chi connectivity index (χ1v) is 12.1. The molecule has 0 N–H and O–H groups in total. The molecule has 0 spiro atoms. The summed E-state index contributed by atoms with van der Waals surface area (Å²) in [5, 5.41) is 10.3. The molecule has 0 aromatic heterocycles. The maximum Gasteiger partial charge on any atom is 0.105 e. The maximum atomic E-state index is 10.3. The van der Waals surface area contributed by atoms with Crippen LogP contribution in [0.2, 0.25) is 0 Å². The predicted molar refractivity (Wildman–Crippen MR) is 135 cm³/mol. The number of aliphatic carboxylic acids is 1. The molecule has 176 valence electrons. The average molecular weight is 446 g/mol. The number of benzene rings is 3. The Labute approximate surface area is 200 Å². The van der Waals surface area contributed by atoms with Crippen molar-refractivity contribution < 1.29 is 14.4 Å². The molecule has 3 aromatic carbocycles. The summed E-state index contributed by atoms with van der Waals surface area (Å²) in [6.07, 6.45) is 3.52. The number of quaternary nitrogens is 1. The summed E-state index contributed by atoms with van der Waals surface area (Å²) >= 11 is 0. The van der Waals surface area contributed by atoms with Gasteiger partial charge in [0, 0.05) is 22.7 Å². The summed E-state index contributed by atoms with van der Waals surface area (Å²) in [5.41, 5.74) is 4.17. The minimum absolute atomic E-state index is 0.222. The highest BCUT2D eigenvalue weighted by molar-refractivity contribution is 5.67. The van der Waals surface area contributed by atoms with E-state index in [1.54, 1.807) is 0 Å². The van der Waals surface area contributed by atoms with Crippen molar-refractivity contribution >= 4 is 5.97 Å². The second kappa shape index (κ2) is 14.3. The molecule has 1 unspecified atom stereocenters. The van der Waals surface area contributed by atoms with E-state index < -0.39 is 5.97 Å². The first-order chi connectivity index (χ1) is 16.0. The standard InChI is InChI=1S/C22H24N.C8H16O2/c1-23(17-20-11-5-2-6-12-20,18-21-13-7-3-8-14-21)19-22-15-9-4-10-16-22;1-3-5-6-7(4-2)8(9)10/h2-16H,17-19H2,1H3;7H,3-6H2,1-2H3,(H,9,10)/q+1;/p-1. The Kier molecular flexibility index (Phi) is 11.4. The quantitative estimate of drug-likeness (QED) is 0.340. The topological polar surface area (TPSA) is 40.1 Å². The summed E-state index contributed by atoms with van der Waals surface area (Å²) in [6, 6.07) is 32.4. The molecule has 0 fully saturated rings. The molecule has 0 aliphatic rings. The number of carboxylic acids is 1. The summed E-state index contributed by atoms with van der Waals surface area (Å²) in [5.74, 6) is -1.11. The normalized spacial score (nSPS) is 11.8. The summed E-state index contributed by atoms with van der Waals surface area (Å²) in [4.78, 5) is 10.3. The molecule has 0 aliphatic heterocycles. The van der Waals surface area contributed by atoms with E-state index >= 15 is 0 Å². The van der Waals surface area contributed by atoms with Crippen molar-refractivity contribution in [2.45, 2.75) is 59.2 Å². The van der Waals surface area contributed by atoms with E-state index in [1.165, 1.54) is 16.7 Å². The number of unbranched alkanes of at least 4 members (excludes halogenated alkanes) is 1. The Morgan fingerprint density at radius 2 is 1.09 bits per heavy atom. The van der Waals surface area contributed by atoms with E-state index in [4.69, 9.17) is 0 Å². The molecule has 0 radical (unpaired) electrons. The Hall–Kier alpha value is -2.91. The van der Waals surface area contributed by atoms with E-state index in [0.717, 1.165) is 43.4 Å². The molecule has 0 saturated carbocycles. The molecule has 0 aliphatic carbocycles. The van der Waals surface area contributed by atoms with Gasteiger partial charge in [0.15, 0.2) is 0 Å². The number of carbonyl (C=O) groups is 1. The van der Waals surface area contributed by atoms with Gasteiger partial charge < -0.3 is 14.4 Å². The van der Waals surface area contributed by atoms with Crippen molar-refractivity contribution in [3.8, 4) is 0 Å². The molecule has 0 amide bonds. The van der Waals surface area contributed by atoms with Crippen LogP contribution in [0.15, 0.2) is 91.0 Å². The van der Waals surface area contributed by atoms with Crippen LogP contribution in [0.5, 0.6) is 0 Å². The lowest BCUT2D eigenvalue weighted by atomic mass is 10.00. The van der Waals surface area contributed by atoms with Crippen molar-refractivity contribution in [3.05, 3.63) is 108 Å². The molecule has 3 heteroatoms. The zero-order valence-corrected chi connectivity index (χ0v) is 20.5. The second-order valence-corrected chi connectivity index (χ2v) is 9.12. The van der Waals surface area contributed by atoms with Crippen LogP contribution in [0.3, 0.4) is 0 Å². The van der Waals surface area contributed by atoms with Crippen molar-refractivity contribution in [1.82, 2.24) is 0 Å². The van der Waals surface area contributed by atoms with Gasteiger partial charge in [-0.3, -0.25) is 0 Å². The van der Waals surface area contributed by atoms with Crippen LogP contribution < -0.4 is 5.11 Å². The molecule has 0 heterocycles. The smallest absolute Gasteiger partial charge is 0.105 e. The van der Waals surface area contributed by atoms with Crippen molar-refractivity contribution in [2.75, 3.05) is 7.05 Å². The van der Waals surface area contributed by atoms with Gasteiger partial charge in [-0.05, 0) is 18.8 Å². The number of nitrogens with zero attached hydrogens (tertiary/aromatic N) is 1. The van der Waals surface area contributed by atoms with Crippen LogP contribution >= 0.6 is 0 Å². The van der Waals surface area contributed by atoms with Gasteiger partial charge in [-0.1, -0.05) is 118 Å². The van der Waals surface area contributed by atoms with Crippen LogP contribution in [0.4, 0.5) is 0 Å². The van der Waals surface area contributed by atoms with E-state index in [9.17, 15) is 9.90 Å². The van der Waals surface area contributed by atoms with Gasteiger partial charge in [0.2, 0.25) is 0 Å². The third kappa shape index (κ3) is 10.0. The third-order valence-electron chi connectivity index (χ3n) is 5.95. The fourth-order valence-electron chi connectivity index (χ4n) is 4.18. The zero-order chi connectivity index (χ0) is 23.9. The largest absolute Gasteiger partial charge is 0.550 e. The minimum Gasteiger partial charge on any atom is -0.550 e. The minimum atomic E-state index is -0.893. The fourth-order valence-corrected chi connectivity index (χ4v) is 4.18. The number of carbonyl (C=O) groups excluding carboxylic acids is 1.